The average molecular weight is 445 g/mol. The van der Waals surface area contributed by atoms with Crippen LogP contribution in [0, 0.1) is 0 Å². The summed E-state index contributed by atoms with van der Waals surface area (Å²) in [6, 6.07) is 20.7. The Bertz CT molecular complexity index is 1230. The molecule has 160 valence electrons. The fourth-order valence-corrected chi connectivity index (χ4v) is 4.81. The van der Waals surface area contributed by atoms with Crippen molar-refractivity contribution in [2.45, 2.75) is 36.9 Å². The second-order valence-corrected chi connectivity index (χ2v) is 8.52. The predicted molar refractivity (Wildman–Crippen MR) is 121 cm³/mol. The summed E-state index contributed by atoms with van der Waals surface area (Å²) >= 11 is 6.17. The number of fused-ring (bicyclic) bond motifs is 1. The maximum atomic E-state index is 6.63. The van der Waals surface area contributed by atoms with Gasteiger partial charge >= 0.3 is 0 Å². The standard InChI is InChI=1S/C25H21ClN4O2/c26-23-20-24(28-15-27-23)30(16-29-20)19-11-13-25(14-12-19)31-21(17-7-3-1-4-8-17)22(32-25)18-9-5-2-6-10-18/h1-11,13,15-16,19,21-22H,12,14H2/t19-,21+,22+/m0/s1. The van der Waals surface area contributed by atoms with Crippen LogP contribution in [0.15, 0.2) is 85.5 Å². The van der Waals surface area contributed by atoms with Crippen molar-refractivity contribution < 1.29 is 9.47 Å². The van der Waals surface area contributed by atoms with Crippen molar-refractivity contribution in [2.75, 3.05) is 0 Å². The van der Waals surface area contributed by atoms with Crippen LogP contribution in [0.5, 0.6) is 0 Å². The van der Waals surface area contributed by atoms with Gasteiger partial charge in [-0.05, 0) is 23.6 Å². The van der Waals surface area contributed by atoms with E-state index in [1.54, 1.807) is 6.33 Å². The highest BCUT2D eigenvalue weighted by atomic mass is 35.5. The maximum Gasteiger partial charge on any atom is 0.189 e. The molecule has 0 saturated carbocycles. The molecule has 1 spiro atoms. The molecule has 2 aromatic carbocycles. The minimum Gasteiger partial charge on any atom is -0.335 e. The second-order valence-electron chi connectivity index (χ2n) is 8.16. The summed E-state index contributed by atoms with van der Waals surface area (Å²) in [4.78, 5) is 12.8. The number of aromatic nitrogens is 4. The summed E-state index contributed by atoms with van der Waals surface area (Å²) in [7, 11) is 0. The number of rotatable bonds is 3. The third kappa shape index (κ3) is 3.32. The van der Waals surface area contributed by atoms with Crippen LogP contribution in [-0.2, 0) is 9.47 Å². The predicted octanol–water partition coefficient (Wildman–Crippen LogP) is 5.60. The molecule has 0 bridgehead atoms. The van der Waals surface area contributed by atoms with Crippen LogP contribution < -0.4 is 0 Å². The van der Waals surface area contributed by atoms with Crippen LogP contribution in [0.2, 0.25) is 5.15 Å². The molecule has 0 N–H and O–H groups in total. The molecule has 6 nitrogen and oxygen atoms in total. The van der Waals surface area contributed by atoms with Crippen molar-refractivity contribution in [3.8, 4) is 0 Å². The summed E-state index contributed by atoms with van der Waals surface area (Å²) in [6.45, 7) is 0. The number of hydrogen-bond donors (Lipinski definition) is 0. The third-order valence-corrected chi connectivity index (χ3v) is 6.49. The van der Waals surface area contributed by atoms with Gasteiger partial charge in [-0.1, -0.05) is 78.3 Å². The van der Waals surface area contributed by atoms with Gasteiger partial charge in [-0.3, -0.25) is 0 Å². The van der Waals surface area contributed by atoms with Crippen LogP contribution in [0.1, 0.15) is 42.2 Å². The molecule has 1 aliphatic heterocycles. The molecule has 3 atom stereocenters. The van der Waals surface area contributed by atoms with Gasteiger partial charge in [-0.15, -0.1) is 0 Å². The van der Waals surface area contributed by atoms with Gasteiger partial charge in [-0.2, -0.15) is 0 Å². The fraction of sp³-hybridized carbons (Fsp3) is 0.240. The number of allylic oxidation sites excluding steroid dienone is 1. The Morgan fingerprint density at radius 3 is 2.12 bits per heavy atom. The zero-order chi connectivity index (χ0) is 21.5. The van der Waals surface area contributed by atoms with Crippen molar-refractivity contribution in [1.29, 1.82) is 0 Å². The van der Waals surface area contributed by atoms with E-state index < -0.39 is 5.79 Å². The number of halogens is 1. The Hall–Kier alpha value is -3.06. The first kappa shape index (κ1) is 19.6. The fourth-order valence-electron chi connectivity index (χ4n) is 4.63. The molecular formula is C25H21ClN4O2. The summed E-state index contributed by atoms with van der Waals surface area (Å²) < 4.78 is 15.3. The van der Waals surface area contributed by atoms with Gasteiger partial charge in [0.2, 0.25) is 0 Å². The Morgan fingerprint density at radius 2 is 1.53 bits per heavy atom. The van der Waals surface area contributed by atoms with E-state index in [4.69, 9.17) is 21.1 Å². The Morgan fingerprint density at radius 1 is 0.875 bits per heavy atom. The van der Waals surface area contributed by atoms with E-state index in [-0.39, 0.29) is 18.2 Å². The highest BCUT2D eigenvalue weighted by Crippen LogP contribution is 2.51. The van der Waals surface area contributed by atoms with Gasteiger partial charge in [0.15, 0.2) is 16.6 Å². The monoisotopic (exact) mass is 444 g/mol. The molecule has 0 unspecified atom stereocenters. The van der Waals surface area contributed by atoms with Crippen molar-refractivity contribution in [2.24, 2.45) is 0 Å². The van der Waals surface area contributed by atoms with E-state index in [0.717, 1.165) is 29.6 Å². The average Bonchev–Trinajstić information content (AvgIpc) is 3.44. The molecule has 32 heavy (non-hydrogen) atoms. The van der Waals surface area contributed by atoms with E-state index in [1.165, 1.54) is 6.33 Å². The zero-order valence-electron chi connectivity index (χ0n) is 17.2. The number of ether oxygens (including phenoxy) is 2. The minimum absolute atomic E-state index is 0.0924. The van der Waals surface area contributed by atoms with E-state index >= 15 is 0 Å². The van der Waals surface area contributed by atoms with Crippen molar-refractivity contribution in [3.63, 3.8) is 0 Å². The molecule has 3 heterocycles. The first-order valence-corrected chi connectivity index (χ1v) is 11.1. The first-order chi connectivity index (χ1) is 15.7. The summed E-state index contributed by atoms with van der Waals surface area (Å²) in [5.74, 6) is -0.763. The molecular weight excluding hydrogens is 424 g/mol. The Kier molecular flexibility index (Phi) is 4.79. The summed E-state index contributed by atoms with van der Waals surface area (Å²) in [6.07, 6.45) is 8.60. The van der Waals surface area contributed by atoms with Gasteiger partial charge in [-0.25, -0.2) is 15.0 Å². The molecule has 7 heteroatoms. The molecule has 6 rings (SSSR count). The molecule has 2 aliphatic rings. The number of benzene rings is 2. The second kappa shape index (κ2) is 7.81. The van der Waals surface area contributed by atoms with Gasteiger partial charge in [0.05, 0.1) is 12.4 Å². The van der Waals surface area contributed by atoms with Crippen molar-refractivity contribution in [3.05, 3.63) is 102 Å². The number of nitrogens with zero attached hydrogens (tertiary/aromatic N) is 4. The molecule has 2 aromatic heterocycles. The number of imidazole rings is 1. The highest BCUT2D eigenvalue weighted by Gasteiger charge is 2.48. The van der Waals surface area contributed by atoms with Gasteiger partial charge in [0.25, 0.3) is 0 Å². The molecule has 4 aromatic rings. The van der Waals surface area contributed by atoms with Crippen LogP contribution >= 0.6 is 11.6 Å². The summed E-state index contributed by atoms with van der Waals surface area (Å²) in [5.41, 5.74) is 3.57. The maximum absolute atomic E-state index is 6.63. The van der Waals surface area contributed by atoms with E-state index in [0.29, 0.717) is 10.7 Å². The SMILES string of the molecule is Clc1ncnc2c1ncn2[C@H]1C=CC2(CC1)O[C@H](c1ccccc1)[C@@H](c1ccccc1)O2. The minimum atomic E-state index is -0.763. The quantitative estimate of drug-likeness (QED) is 0.304. The lowest BCUT2D eigenvalue weighted by molar-refractivity contribution is -0.147. The van der Waals surface area contributed by atoms with Crippen molar-refractivity contribution >= 4 is 22.8 Å². The van der Waals surface area contributed by atoms with E-state index in [1.807, 2.05) is 41.0 Å². The molecule has 0 radical (unpaired) electrons. The van der Waals surface area contributed by atoms with Crippen LogP contribution in [0.3, 0.4) is 0 Å². The summed E-state index contributed by atoms with van der Waals surface area (Å²) in [5, 5.41) is 0.365. The Balaban J connectivity index is 1.32. The highest BCUT2D eigenvalue weighted by molar-refractivity contribution is 6.33. The van der Waals surface area contributed by atoms with Gasteiger partial charge < -0.3 is 14.0 Å². The smallest absolute Gasteiger partial charge is 0.189 e. The lowest BCUT2D eigenvalue weighted by Crippen LogP contribution is -2.32. The third-order valence-electron chi connectivity index (χ3n) is 6.22. The molecule has 1 aliphatic carbocycles. The van der Waals surface area contributed by atoms with Crippen LogP contribution in [-0.4, -0.2) is 25.3 Å². The zero-order valence-corrected chi connectivity index (χ0v) is 18.0. The van der Waals surface area contributed by atoms with E-state index in [9.17, 15) is 0 Å². The molecule has 1 saturated heterocycles. The topological polar surface area (TPSA) is 62.1 Å². The largest absolute Gasteiger partial charge is 0.335 e. The van der Waals surface area contributed by atoms with Gasteiger partial charge in [0, 0.05) is 6.42 Å². The van der Waals surface area contributed by atoms with Gasteiger partial charge in [0.1, 0.15) is 24.1 Å². The van der Waals surface area contributed by atoms with Crippen LogP contribution in [0.4, 0.5) is 0 Å². The normalized spacial score (nSPS) is 24.3. The Labute approximate surface area is 190 Å². The lowest BCUT2D eigenvalue weighted by atomic mass is 9.97. The van der Waals surface area contributed by atoms with E-state index in [2.05, 4.69) is 51.4 Å². The number of hydrogen-bond acceptors (Lipinski definition) is 5. The molecule has 0 amide bonds. The van der Waals surface area contributed by atoms with Crippen molar-refractivity contribution in [1.82, 2.24) is 19.5 Å². The molecule has 1 fully saturated rings. The van der Waals surface area contributed by atoms with Crippen LogP contribution in [0.25, 0.3) is 11.2 Å². The first-order valence-electron chi connectivity index (χ1n) is 10.7. The lowest BCUT2D eigenvalue weighted by Gasteiger charge is -2.31.